The summed E-state index contributed by atoms with van der Waals surface area (Å²) >= 11 is 0. The fourth-order valence-corrected chi connectivity index (χ4v) is 4.00. The molecule has 1 aliphatic heterocycles. The van der Waals surface area contributed by atoms with Crippen LogP contribution < -0.4 is 10.6 Å². The van der Waals surface area contributed by atoms with E-state index in [0.717, 1.165) is 44.5 Å². The Bertz CT molecular complexity index is 395. The van der Waals surface area contributed by atoms with Crippen molar-refractivity contribution in [3.63, 3.8) is 0 Å². The summed E-state index contributed by atoms with van der Waals surface area (Å²) in [4.78, 5) is 4.79. The highest BCUT2D eigenvalue weighted by atomic mass is 127. The van der Waals surface area contributed by atoms with Crippen molar-refractivity contribution < 1.29 is 9.84 Å². The standard InChI is InChI=1S/C20H39N3O2.HI/c1-3-21-19(22-15-20(16-24)11-13-25-14-12-20)23-17(2)9-10-18-7-5-4-6-8-18;/h17-18,24H,3-16H2,1-2H3,(H2,21,22,23);1H. The predicted octanol–water partition coefficient (Wildman–Crippen LogP) is 3.70. The second kappa shape index (κ2) is 13.2. The first-order valence-electron chi connectivity index (χ1n) is 10.4. The van der Waals surface area contributed by atoms with E-state index in [0.29, 0.717) is 12.6 Å². The van der Waals surface area contributed by atoms with E-state index in [4.69, 9.17) is 9.73 Å². The monoisotopic (exact) mass is 481 g/mol. The minimum Gasteiger partial charge on any atom is -0.396 e. The summed E-state index contributed by atoms with van der Waals surface area (Å²) in [6, 6.07) is 0.430. The maximum atomic E-state index is 9.83. The molecule has 1 unspecified atom stereocenters. The Labute approximate surface area is 177 Å². The zero-order valence-corrected chi connectivity index (χ0v) is 19.1. The first-order valence-corrected chi connectivity index (χ1v) is 10.4. The Morgan fingerprint density at radius 1 is 1.23 bits per heavy atom. The molecule has 1 saturated carbocycles. The molecule has 0 spiro atoms. The van der Waals surface area contributed by atoms with Gasteiger partial charge in [0.1, 0.15) is 0 Å². The highest BCUT2D eigenvalue weighted by Gasteiger charge is 2.32. The minimum absolute atomic E-state index is 0. The van der Waals surface area contributed by atoms with Gasteiger partial charge in [0.15, 0.2) is 5.96 Å². The summed E-state index contributed by atoms with van der Waals surface area (Å²) in [5.41, 5.74) is -0.105. The van der Waals surface area contributed by atoms with Gasteiger partial charge in [0.25, 0.3) is 0 Å². The molecule has 1 heterocycles. The number of nitrogens with zero attached hydrogens (tertiary/aromatic N) is 1. The average Bonchev–Trinajstić information content (AvgIpc) is 2.66. The van der Waals surface area contributed by atoms with Crippen LogP contribution in [0.15, 0.2) is 4.99 Å². The van der Waals surface area contributed by atoms with Crippen molar-refractivity contribution in [1.29, 1.82) is 0 Å². The molecule has 1 atom stereocenters. The van der Waals surface area contributed by atoms with Gasteiger partial charge in [-0.15, -0.1) is 24.0 Å². The molecule has 1 aliphatic carbocycles. The normalized spacial score (nSPS) is 22.3. The molecule has 0 aromatic heterocycles. The largest absolute Gasteiger partial charge is 0.396 e. The van der Waals surface area contributed by atoms with Gasteiger partial charge in [-0.25, -0.2) is 0 Å². The topological polar surface area (TPSA) is 65.9 Å². The number of halogens is 1. The van der Waals surface area contributed by atoms with Crippen LogP contribution in [-0.2, 0) is 4.74 Å². The van der Waals surface area contributed by atoms with Gasteiger partial charge in [-0.3, -0.25) is 4.99 Å². The fourth-order valence-electron chi connectivity index (χ4n) is 4.00. The van der Waals surface area contributed by atoms with Gasteiger partial charge in [0.2, 0.25) is 0 Å². The maximum absolute atomic E-state index is 9.83. The number of rotatable bonds is 8. The smallest absolute Gasteiger partial charge is 0.191 e. The zero-order chi connectivity index (χ0) is 18.0. The summed E-state index contributed by atoms with van der Waals surface area (Å²) in [7, 11) is 0. The first-order chi connectivity index (χ1) is 12.2. The lowest BCUT2D eigenvalue weighted by atomic mass is 9.81. The van der Waals surface area contributed by atoms with Crippen LogP contribution in [0.3, 0.4) is 0 Å². The molecule has 6 heteroatoms. The Morgan fingerprint density at radius 2 is 1.92 bits per heavy atom. The number of aliphatic hydroxyl groups excluding tert-OH is 1. The van der Waals surface area contributed by atoms with Crippen LogP contribution in [0.5, 0.6) is 0 Å². The molecular formula is C20H40IN3O2. The summed E-state index contributed by atoms with van der Waals surface area (Å²) in [6.07, 6.45) is 11.4. The van der Waals surface area contributed by atoms with E-state index in [1.807, 2.05) is 0 Å². The van der Waals surface area contributed by atoms with E-state index in [1.165, 1.54) is 44.9 Å². The molecule has 0 radical (unpaired) electrons. The van der Waals surface area contributed by atoms with Gasteiger partial charge in [-0.2, -0.15) is 0 Å². The molecule has 1 saturated heterocycles. The SMILES string of the molecule is CCNC(=NCC1(CO)CCOCC1)NC(C)CCC1CCCCC1.I. The van der Waals surface area contributed by atoms with E-state index in [9.17, 15) is 5.11 Å². The van der Waals surface area contributed by atoms with Crippen LogP contribution in [0.1, 0.15) is 71.6 Å². The Morgan fingerprint density at radius 3 is 2.54 bits per heavy atom. The summed E-state index contributed by atoms with van der Waals surface area (Å²) in [6.45, 7) is 7.53. The second-order valence-corrected chi connectivity index (χ2v) is 8.09. The summed E-state index contributed by atoms with van der Waals surface area (Å²) in [5, 5.41) is 16.8. The second-order valence-electron chi connectivity index (χ2n) is 8.09. The van der Waals surface area contributed by atoms with Crippen LogP contribution in [-0.4, -0.2) is 50.0 Å². The van der Waals surface area contributed by atoms with Crippen LogP contribution in [0.4, 0.5) is 0 Å². The van der Waals surface area contributed by atoms with Crippen molar-refractivity contribution in [3.05, 3.63) is 0 Å². The molecule has 0 aromatic carbocycles. The lowest BCUT2D eigenvalue weighted by molar-refractivity contribution is -0.0106. The molecule has 0 amide bonds. The van der Waals surface area contributed by atoms with Crippen LogP contribution in [0.2, 0.25) is 0 Å². The van der Waals surface area contributed by atoms with Gasteiger partial charge in [-0.1, -0.05) is 32.1 Å². The van der Waals surface area contributed by atoms with Gasteiger partial charge in [-0.05, 0) is 45.4 Å². The van der Waals surface area contributed by atoms with Gasteiger partial charge in [0, 0.05) is 31.2 Å². The number of hydrogen-bond donors (Lipinski definition) is 3. The van der Waals surface area contributed by atoms with Crippen molar-refractivity contribution >= 4 is 29.9 Å². The Hall–Kier alpha value is -0.0800. The molecule has 154 valence electrons. The predicted molar refractivity (Wildman–Crippen MR) is 119 cm³/mol. The van der Waals surface area contributed by atoms with E-state index >= 15 is 0 Å². The molecule has 2 rings (SSSR count). The van der Waals surface area contributed by atoms with Gasteiger partial charge < -0.3 is 20.5 Å². The van der Waals surface area contributed by atoms with Crippen molar-refractivity contribution in [2.24, 2.45) is 16.3 Å². The number of aliphatic imine (C=N–C) groups is 1. The maximum Gasteiger partial charge on any atom is 0.191 e. The van der Waals surface area contributed by atoms with Crippen molar-refractivity contribution in [2.75, 3.05) is 32.9 Å². The van der Waals surface area contributed by atoms with Crippen molar-refractivity contribution in [3.8, 4) is 0 Å². The van der Waals surface area contributed by atoms with Gasteiger partial charge in [0.05, 0.1) is 13.2 Å². The zero-order valence-electron chi connectivity index (χ0n) is 16.8. The van der Waals surface area contributed by atoms with Gasteiger partial charge >= 0.3 is 0 Å². The third-order valence-electron chi connectivity index (χ3n) is 5.92. The number of hydrogen-bond acceptors (Lipinski definition) is 3. The van der Waals surface area contributed by atoms with Crippen molar-refractivity contribution in [2.45, 2.75) is 77.7 Å². The molecule has 26 heavy (non-hydrogen) atoms. The lowest BCUT2D eigenvalue weighted by Crippen LogP contribution is -2.44. The van der Waals surface area contributed by atoms with Crippen LogP contribution in [0, 0.1) is 11.3 Å². The fraction of sp³-hybridized carbons (Fsp3) is 0.950. The van der Waals surface area contributed by atoms with E-state index in [1.54, 1.807) is 0 Å². The third-order valence-corrected chi connectivity index (χ3v) is 5.92. The molecule has 2 aliphatic rings. The minimum atomic E-state index is -0.105. The Kier molecular flexibility index (Phi) is 12.1. The molecule has 5 nitrogen and oxygen atoms in total. The van der Waals surface area contributed by atoms with Crippen LogP contribution >= 0.6 is 24.0 Å². The third kappa shape index (κ3) is 8.30. The lowest BCUT2D eigenvalue weighted by Gasteiger charge is -2.34. The average molecular weight is 481 g/mol. The van der Waals surface area contributed by atoms with E-state index in [2.05, 4.69) is 24.5 Å². The molecule has 0 bridgehead atoms. The number of ether oxygens (including phenoxy) is 1. The molecule has 0 aromatic rings. The summed E-state index contributed by atoms with van der Waals surface area (Å²) in [5.74, 6) is 1.82. The molecule has 2 fully saturated rings. The Balaban J connectivity index is 0.00000338. The number of nitrogens with one attached hydrogen (secondary N) is 2. The van der Waals surface area contributed by atoms with E-state index in [-0.39, 0.29) is 36.0 Å². The molecular weight excluding hydrogens is 441 g/mol. The summed E-state index contributed by atoms with van der Waals surface area (Å²) < 4.78 is 5.44. The van der Waals surface area contributed by atoms with Crippen molar-refractivity contribution in [1.82, 2.24) is 10.6 Å². The van der Waals surface area contributed by atoms with E-state index < -0.39 is 0 Å². The highest BCUT2D eigenvalue weighted by Crippen LogP contribution is 2.30. The number of aliphatic hydroxyl groups is 1. The first kappa shape index (κ1) is 24.0. The number of guanidine groups is 1. The highest BCUT2D eigenvalue weighted by molar-refractivity contribution is 14.0. The quantitative estimate of drug-likeness (QED) is 0.281. The molecule has 3 N–H and O–H groups in total. The van der Waals surface area contributed by atoms with Crippen LogP contribution in [0.25, 0.3) is 0 Å².